The van der Waals surface area contributed by atoms with Crippen molar-refractivity contribution in [3.05, 3.63) is 45.8 Å². The highest BCUT2D eigenvalue weighted by molar-refractivity contribution is 6.32. The second-order valence-corrected chi connectivity index (χ2v) is 7.63. The van der Waals surface area contributed by atoms with E-state index in [0.29, 0.717) is 17.3 Å². The Labute approximate surface area is 168 Å². The summed E-state index contributed by atoms with van der Waals surface area (Å²) in [6.07, 6.45) is 5.37. The van der Waals surface area contributed by atoms with Crippen LogP contribution < -0.4 is 15.6 Å². The van der Waals surface area contributed by atoms with Crippen LogP contribution in [0.4, 0.5) is 5.69 Å². The number of hydrogen-bond donors (Lipinski definition) is 1. The Morgan fingerprint density at radius 3 is 2.46 bits per heavy atom. The molecule has 1 aromatic carbocycles. The molecule has 1 saturated heterocycles. The first-order valence-electron chi connectivity index (χ1n) is 9.58. The minimum atomic E-state index is -0.380. The summed E-state index contributed by atoms with van der Waals surface area (Å²) >= 11 is 6.08. The van der Waals surface area contributed by atoms with Gasteiger partial charge in [0.2, 0.25) is 5.91 Å². The number of amides is 1. The van der Waals surface area contributed by atoms with Crippen LogP contribution in [0.2, 0.25) is 5.02 Å². The van der Waals surface area contributed by atoms with E-state index >= 15 is 0 Å². The molecule has 1 amide bonds. The molecule has 0 atom stereocenters. The van der Waals surface area contributed by atoms with Crippen LogP contribution in [-0.2, 0) is 4.79 Å². The van der Waals surface area contributed by atoms with Crippen molar-refractivity contribution in [3.63, 3.8) is 0 Å². The fourth-order valence-corrected chi connectivity index (χ4v) is 3.66. The Bertz CT molecular complexity index is 916. The van der Waals surface area contributed by atoms with Gasteiger partial charge in [-0.1, -0.05) is 11.6 Å². The highest BCUT2D eigenvalue weighted by Gasteiger charge is 2.35. The van der Waals surface area contributed by atoms with Gasteiger partial charge >= 0.3 is 0 Å². The van der Waals surface area contributed by atoms with Crippen molar-refractivity contribution >= 4 is 23.2 Å². The zero-order valence-corrected chi connectivity index (χ0v) is 16.5. The van der Waals surface area contributed by atoms with Crippen molar-refractivity contribution in [1.29, 1.82) is 0 Å². The Morgan fingerprint density at radius 1 is 1.18 bits per heavy atom. The molecule has 0 bridgehead atoms. The highest BCUT2D eigenvalue weighted by Crippen LogP contribution is 2.32. The minimum Gasteiger partial charge on any atom is -0.490 e. The maximum atomic E-state index is 12.4. The largest absolute Gasteiger partial charge is 0.490 e. The molecular formula is C20H23ClN4O3. The lowest BCUT2D eigenvalue weighted by atomic mass is 10.1. The van der Waals surface area contributed by atoms with E-state index in [-0.39, 0.29) is 22.6 Å². The molecule has 1 saturated carbocycles. The number of nitrogens with one attached hydrogen (secondary N) is 1. The average molecular weight is 403 g/mol. The number of rotatable bonds is 5. The Balaban J connectivity index is 1.38. The summed E-state index contributed by atoms with van der Waals surface area (Å²) < 4.78 is 7.32. The van der Waals surface area contributed by atoms with Crippen LogP contribution in [-0.4, -0.2) is 46.8 Å². The second kappa shape index (κ2) is 7.83. The van der Waals surface area contributed by atoms with Gasteiger partial charge in [0.25, 0.3) is 5.56 Å². The number of carbonyl (C=O) groups is 1. The molecule has 2 aliphatic rings. The maximum absolute atomic E-state index is 12.4. The molecular weight excluding hydrogens is 380 g/mol. The van der Waals surface area contributed by atoms with Gasteiger partial charge in [-0.25, -0.2) is 0 Å². The average Bonchev–Trinajstić information content (AvgIpc) is 3.56. The van der Waals surface area contributed by atoms with Gasteiger partial charge in [-0.2, -0.15) is 9.78 Å². The van der Waals surface area contributed by atoms with Gasteiger partial charge in [-0.3, -0.25) is 9.59 Å². The molecule has 4 rings (SSSR count). The number of anilines is 1. The fourth-order valence-electron chi connectivity index (χ4n) is 3.43. The van der Waals surface area contributed by atoms with Crippen LogP contribution in [0.25, 0.3) is 5.69 Å². The van der Waals surface area contributed by atoms with Gasteiger partial charge in [-0.05, 0) is 37.1 Å². The van der Waals surface area contributed by atoms with Crippen LogP contribution in [0.1, 0.15) is 25.7 Å². The molecule has 2 fully saturated rings. The predicted octanol–water partition coefficient (Wildman–Crippen LogP) is 2.71. The lowest BCUT2D eigenvalue weighted by molar-refractivity contribution is -0.134. The second-order valence-electron chi connectivity index (χ2n) is 7.25. The summed E-state index contributed by atoms with van der Waals surface area (Å²) in [6.45, 7) is 1.52. The standard InChI is InChI=1S/C20H23ClN4O3/c1-22-17-12-23-25(20(27)18(17)21)14-4-6-15(7-5-14)28-16-8-10-24(11-9-16)19(26)13-2-3-13/h4-7,12-13,16,22H,2-3,8-11H2,1H3. The monoisotopic (exact) mass is 402 g/mol. The fraction of sp³-hybridized carbons (Fsp3) is 0.450. The molecule has 1 aliphatic heterocycles. The molecule has 28 heavy (non-hydrogen) atoms. The van der Waals surface area contributed by atoms with Crippen molar-refractivity contribution < 1.29 is 9.53 Å². The number of benzene rings is 1. The van der Waals surface area contributed by atoms with E-state index in [1.807, 2.05) is 17.0 Å². The number of aromatic nitrogens is 2. The van der Waals surface area contributed by atoms with Crippen molar-refractivity contribution in [2.24, 2.45) is 5.92 Å². The third-order valence-corrected chi connectivity index (χ3v) is 5.62. The van der Waals surface area contributed by atoms with Crippen LogP contribution >= 0.6 is 11.6 Å². The lowest BCUT2D eigenvalue weighted by Gasteiger charge is -2.32. The number of likely N-dealkylation sites (tertiary alicyclic amines) is 1. The summed E-state index contributed by atoms with van der Waals surface area (Å²) in [5.41, 5.74) is 0.732. The molecule has 0 unspecified atom stereocenters. The van der Waals surface area contributed by atoms with E-state index in [2.05, 4.69) is 10.4 Å². The molecule has 1 aromatic heterocycles. The first-order chi connectivity index (χ1) is 13.6. The molecule has 148 valence electrons. The van der Waals surface area contributed by atoms with Crippen molar-refractivity contribution in [1.82, 2.24) is 14.7 Å². The number of carbonyl (C=O) groups excluding carboxylic acids is 1. The molecule has 8 heteroatoms. The van der Waals surface area contributed by atoms with E-state index in [1.54, 1.807) is 19.2 Å². The Hall–Kier alpha value is -2.54. The van der Waals surface area contributed by atoms with Gasteiger partial charge in [0.1, 0.15) is 16.9 Å². The van der Waals surface area contributed by atoms with E-state index in [1.165, 1.54) is 10.9 Å². The summed E-state index contributed by atoms with van der Waals surface area (Å²) in [7, 11) is 1.69. The summed E-state index contributed by atoms with van der Waals surface area (Å²) in [5, 5.41) is 7.09. The number of ether oxygens (including phenoxy) is 1. The van der Waals surface area contributed by atoms with E-state index < -0.39 is 0 Å². The van der Waals surface area contributed by atoms with Gasteiger partial charge < -0.3 is 15.0 Å². The van der Waals surface area contributed by atoms with E-state index in [9.17, 15) is 9.59 Å². The third kappa shape index (κ3) is 3.85. The van der Waals surface area contributed by atoms with Crippen molar-refractivity contribution in [2.75, 3.05) is 25.5 Å². The van der Waals surface area contributed by atoms with Crippen LogP contribution in [0, 0.1) is 5.92 Å². The SMILES string of the molecule is CNc1cnn(-c2ccc(OC3CCN(C(=O)C4CC4)CC3)cc2)c(=O)c1Cl. The predicted molar refractivity (Wildman–Crippen MR) is 107 cm³/mol. The Morgan fingerprint density at radius 2 is 1.86 bits per heavy atom. The van der Waals surface area contributed by atoms with Gasteiger partial charge in [0, 0.05) is 38.9 Å². The normalized spacial score (nSPS) is 17.4. The summed E-state index contributed by atoms with van der Waals surface area (Å²) in [4.78, 5) is 26.5. The zero-order chi connectivity index (χ0) is 19.7. The molecule has 0 spiro atoms. The first-order valence-corrected chi connectivity index (χ1v) is 9.96. The zero-order valence-electron chi connectivity index (χ0n) is 15.7. The smallest absolute Gasteiger partial charge is 0.292 e. The van der Waals surface area contributed by atoms with Gasteiger partial charge in [0.05, 0.1) is 17.6 Å². The molecule has 2 heterocycles. The summed E-state index contributed by atoms with van der Waals surface area (Å²) in [5.74, 6) is 1.32. The summed E-state index contributed by atoms with van der Waals surface area (Å²) in [6, 6.07) is 7.21. The van der Waals surface area contributed by atoms with Gasteiger partial charge in [-0.15, -0.1) is 0 Å². The van der Waals surface area contributed by atoms with Crippen LogP contribution in [0.3, 0.4) is 0 Å². The van der Waals surface area contributed by atoms with Crippen LogP contribution in [0.5, 0.6) is 5.75 Å². The topological polar surface area (TPSA) is 76.5 Å². The molecule has 1 N–H and O–H groups in total. The molecule has 7 nitrogen and oxygen atoms in total. The third-order valence-electron chi connectivity index (χ3n) is 5.25. The van der Waals surface area contributed by atoms with Crippen molar-refractivity contribution in [3.8, 4) is 11.4 Å². The van der Waals surface area contributed by atoms with Crippen LogP contribution in [0.15, 0.2) is 35.3 Å². The minimum absolute atomic E-state index is 0.0966. The van der Waals surface area contributed by atoms with Gasteiger partial charge in [0.15, 0.2) is 0 Å². The molecule has 2 aromatic rings. The lowest BCUT2D eigenvalue weighted by Crippen LogP contribution is -2.42. The number of piperidine rings is 1. The molecule has 1 aliphatic carbocycles. The van der Waals surface area contributed by atoms with E-state index in [4.69, 9.17) is 16.3 Å². The number of hydrogen-bond acceptors (Lipinski definition) is 5. The van der Waals surface area contributed by atoms with Crippen molar-refractivity contribution in [2.45, 2.75) is 31.8 Å². The number of nitrogens with zero attached hydrogens (tertiary/aromatic N) is 3. The quantitative estimate of drug-likeness (QED) is 0.832. The maximum Gasteiger partial charge on any atom is 0.292 e. The van der Waals surface area contributed by atoms with E-state index in [0.717, 1.165) is 44.5 Å². The number of halogens is 1. The Kier molecular flexibility index (Phi) is 5.26. The molecule has 0 radical (unpaired) electrons. The highest BCUT2D eigenvalue weighted by atomic mass is 35.5. The first kappa shape index (κ1) is 18.8.